The van der Waals surface area contributed by atoms with Crippen molar-refractivity contribution in [3.8, 4) is 5.75 Å². The number of hydrogen-bond donors (Lipinski definition) is 2. The summed E-state index contributed by atoms with van der Waals surface area (Å²) >= 11 is 0. The van der Waals surface area contributed by atoms with Crippen LogP contribution >= 0.6 is 0 Å². The molecule has 8 heteroatoms. The smallest absolute Gasteiger partial charge is 0.311 e. The molecule has 1 aromatic carbocycles. The molecule has 1 heterocycles. The maximum atomic E-state index is 13.4. The minimum atomic E-state index is -1.06. The van der Waals surface area contributed by atoms with Crippen molar-refractivity contribution in [2.45, 2.75) is 12.8 Å². The van der Waals surface area contributed by atoms with Crippen LogP contribution in [0, 0.1) is 17.0 Å². The van der Waals surface area contributed by atoms with Gasteiger partial charge in [0.25, 0.3) is 5.91 Å². The molecule has 1 amide bonds. The number of halogens is 2. The predicted molar refractivity (Wildman–Crippen MR) is 75.0 cm³/mol. The molecule has 0 radical (unpaired) electrons. The summed E-state index contributed by atoms with van der Waals surface area (Å²) in [6.45, 7) is 0.0907. The summed E-state index contributed by atoms with van der Waals surface area (Å²) in [4.78, 5) is 23.2. The molecule has 6 nitrogen and oxygen atoms in total. The molecular formula is C15H17F2NO5. The standard InChI is InChI=1S/C15H17F2NO5/c16-10-1-2-12(11(17)7-10)23-8-13(19)18-9-15(14(20)21)3-5-22-6-4-15/h1-2,7H,3-6,8-9H2,(H,18,19)(H,20,21). The number of nitrogens with one attached hydrogen (secondary N) is 1. The number of ether oxygens (including phenoxy) is 2. The maximum Gasteiger partial charge on any atom is 0.311 e. The largest absolute Gasteiger partial charge is 0.481 e. The molecule has 0 saturated carbocycles. The number of aliphatic carboxylic acids is 1. The van der Waals surface area contributed by atoms with Gasteiger partial charge in [-0.15, -0.1) is 0 Å². The minimum absolute atomic E-state index is 0.0558. The van der Waals surface area contributed by atoms with Gasteiger partial charge >= 0.3 is 5.97 Å². The molecule has 1 aromatic rings. The lowest BCUT2D eigenvalue weighted by Gasteiger charge is -2.33. The Hall–Kier alpha value is -2.22. The lowest BCUT2D eigenvalue weighted by Crippen LogP contribution is -2.47. The normalized spacial score (nSPS) is 16.6. The van der Waals surface area contributed by atoms with Crippen LogP contribution < -0.4 is 10.1 Å². The Labute approximate surface area is 131 Å². The number of carboxylic acid groups (broad SMARTS) is 1. The van der Waals surface area contributed by atoms with Crippen LogP contribution in [0.25, 0.3) is 0 Å². The zero-order chi connectivity index (χ0) is 16.9. The number of hydrogen-bond acceptors (Lipinski definition) is 4. The predicted octanol–water partition coefficient (Wildman–Crippen LogP) is 1.34. The summed E-state index contributed by atoms with van der Waals surface area (Å²) in [6, 6.07) is 2.74. The second kappa shape index (κ2) is 7.36. The first-order chi connectivity index (χ1) is 10.9. The topological polar surface area (TPSA) is 84.9 Å². The number of carbonyl (C=O) groups is 2. The lowest BCUT2D eigenvalue weighted by molar-refractivity contribution is -0.154. The molecule has 2 N–H and O–H groups in total. The quantitative estimate of drug-likeness (QED) is 0.823. The van der Waals surface area contributed by atoms with Crippen LogP contribution in [0.2, 0.25) is 0 Å². The Bertz CT molecular complexity index is 587. The zero-order valence-electron chi connectivity index (χ0n) is 12.3. The Morgan fingerprint density at radius 2 is 2.00 bits per heavy atom. The molecule has 1 fully saturated rings. The van der Waals surface area contributed by atoms with Gasteiger partial charge in [0.15, 0.2) is 18.2 Å². The van der Waals surface area contributed by atoms with Crippen LogP contribution in [0.4, 0.5) is 8.78 Å². The highest BCUT2D eigenvalue weighted by Gasteiger charge is 2.40. The summed E-state index contributed by atoms with van der Waals surface area (Å²) in [7, 11) is 0. The van der Waals surface area contributed by atoms with Crippen LogP contribution in [0.5, 0.6) is 5.75 Å². The third kappa shape index (κ3) is 4.38. The van der Waals surface area contributed by atoms with Gasteiger partial charge in [0.2, 0.25) is 0 Å². The number of amides is 1. The van der Waals surface area contributed by atoms with Gasteiger partial charge in [-0.25, -0.2) is 8.78 Å². The van der Waals surface area contributed by atoms with Gasteiger partial charge in [0.1, 0.15) is 5.82 Å². The molecule has 0 unspecified atom stereocenters. The first-order valence-corrected chi connectivity index (χ1v) is 7.09. The molecule has 23 heavy (non-hydrogen) atoms. The maximum absolute atomic E-state index is 13.4. The monoisotopic (exact) mass is 329 g/mol. The summed E-state index contributed by atoms with van der Waals surface area (Å²) in [5.74, 6) is -3.49. The molecule has 1 aliphatic rings. The van der Waals surface area contributed by atoms with Gasteiger partial charge in [-0.2, -0.15) is 0 Å². The third-order valence-electron chi connectivity index (χ3n) is 3.78. The van der Waals surface area contributed by atoms with E-state index in [0.29, 0.717) is 32.1 Å². The Morgan fingerprint density at radius 3 is 2.61 bits per heavy atom. The molecule has 1 saturated heterocycles. The highest BCUT2D eigenvalue weighted by molar-refractivity contribution is 5.80. The van der Waals surface area contributed by atoms with Crippen LogP contribution in [0.15, 0.2) is 18.2 Å². The Morgan fingerprint density at radius 1 is 1.30 bits per heavy atom. The molecule has 0 aromatic heterocycles. The van der Waals surface area contributed by atoms with Crippen molar-refractivity contribution in [2.75, 3.05) is 26.4 Å². The number of carboxylic acids is 1. The van der Waals surface area contributed by atoms with Crippen LogP contribution in [0.3, 0.4) is 0 Å². The summed E-state index contributed by atoms with van der Waals surface area (Å²) in [5, 5.41) is 11.8. The van der Waals surface area contributed by atoms with E-state index in [-0.39, 0.29) is 12.3 Å². The van der Waals surface area contributed by atoms with E-state index in [4.69, 9.17) is 9.47 Å². The highest BCUT2D eigenvalue weighted by atomic mass is 19.1. The van der Waals surface area contributed by atoms with Crippen molar-refractivity contribution in [1.29, 1.82) is 0 Å². The van der Waals surface area contributed by atoms with E-state index in [1.165, 1.54) is 0 Å². The van der Waals surface area contributed by atoms with Crippen LogP contribution in [-0.4, -0.2) is 43.3 Å². The fraction of sp³-hybridized carbons (Fsp3) is 0.467. The molecule has 126 valence electrons. The molecule has 0 aliphatic carbocycles. The van der Waals surface area contributed by atoms with Crippen molar-refractivity contribution in [3.05, 3.63) is 29.8 Å². The molecule has 0 bridgehead atoms. The van der Waals surface area contributed by atoms with Crippen molar-refractivity contribution in [1.82, 2.24) is 5.32 Å². The SMILES string of the molecule is O=C(COc1ccc(F)cc1F)NCC1(C(=O)O)CCOCC1. The van der Waals surface area contributed by atoms with Crippen LogP contribution in [0.1, 0.15) is 12.8 Å². The van der Waals surface area contributed by atoms with Gasteiger partial charge < -0.3 is 19.9 Å². The summed E-state index contributed by atoms with van der Waals surface area (Å²) in [6.07, 6.45) is 0.603. The molecule has 2 rings (SSSR count). The fourth-order valence-electron chi connectivity index (χ4n) is 2.28. The van der Waals surface area contributed by atoms with Crippen LogP contribution in [-0.2, 0) is 14.3 Å². The molecule has 0 spiro atoms. The van der Waals surface area contributed by atoms with E-state index in [9.17, 15) is 23.5 Å². The first-order valence-electron chi connectivity index (χ1n) is 7.09. The van der Waals surface area contributed by atoms with Gasteiger partial charge in [-0.3, -0.25) is 9.59 Å². The van der Waals surface area contributed by atoms with Crippen molar-refractivity contribution in [3.63, 3.8) is 0 Å². The number of benzene rings is 1. The van der Waals surface area contributed by atoms with Gasteiger partial charge in [0, 0.05) is 25.8 Å². The van der Waals surface area contributed by atoms with Gasteiger partial charge in [0.05, 0.1) is 5.41 Å². The average molecular weight is 329 g/mol. The average Bonchev–Trinajstić information content (AvgIpc) is 2.53. The van der Waals surface area contributed by atoms with E-state index in [2.05, 4.69) is 5.32 Å². The number of rotatable bonds is 6. The van der Waals surface area contributed by atoms with Crippen molar-refractivity contribution >= 4 is 11.9 Å². The molecule has 0 atom stereocenters. The summed E-state index contributed by atoms with van der Waals surface area (Å²) in [5.41, 5.74) is -1.06. The van der Waals surface area contributed by atoms with E-state index >= 15 is 0 Å². The minimum Gasteiger partial charge on any atom is -0.481 e. The van der Waals surface area contributed by atoms with E-state index < -0.39 is 35.5 Å². The Balaban J connectivity index is 1.85. The van der Waals surface area contributed by atoms with Crippen molar-refractivity contribution in [2.24, 2.45) is 5.41 Å². The highest BCUT2D eigenvalue weighted by Crippen LogP contribution is 2.30. The number of carbonyl (C=O) groups excluding carboxylic acids is 1. The first kappa shape index (κ1) is 17.1. The van der Waals surface area contributed by atoms with Crippen molar-refractivity contribution < 1.29 is 33.0 Å². The van der Waals surface area contributed by atoms with E-state index in [1.54, 1.807) is 0 Å². The molecular weight excluding hydrogens is 312 g/mol. The fourth-order valence-corrected chi connectivity index (χ4v) is 2.28. The lowest BCUT2D eigenvalue weighted by atomic mass is 9.80. The zero-order valence-corrected chi connectivity index (χ0v) is 12.3. The van der Waals surface area contributed by atoms with Gasteiger partial charge in [-0.05, 0) is 25.0 Å². The van der Waals surface area contributed by atoms with E-state index in [1.807, 2.05) is 0 Å². The van der Waals surface area contributed by atoms with E-state index in [0.717, 1.165) is 12.1 Å². The summed E-state index contributed by atoms with van der Waals surface area (Å²) < 4.78 is 36.2. The Kier molecular flexibility index (Phi) is 5.49. The second-order valence-electron chi connectivity index (χ2n) is 5.34. The third-order valence-corrected chi connectivity index (χ3v) is 3.78. The second-order valence-corrected chi connectivity index (χ2v) is 5.34. The van der Waals surface area contributed by atoms with Gasteiger partial charge in [-0.1, -0.05) is 0 Å². The molecule has 1 aliphatic heterocycles.